The second kappa shape index (κ2) is 23.4. The van der Waals surface area contributed by atoms with E-state index in [9.17, 15) is 28.8 Å². The Hall–Kier alpha value is -5.25. The van der Waals surface area contributed by atoms with Crippen molar-refractivity contribution >= 4 is 47.4 Å². The van der Waals surface area contributed by atoms with E-state index in [1.54, 1.807) is 29.2 Å². The monoisotopic (exact) mass is 834 g/mol. The minimum atomic E-state index is -0.555. The molecule has 16 heteroatoms. The number of nitrogens with zero attached hydrogens (tertiary/aromatic N) is 5. The van der Waals surface area contributed by atoms with Gasteiger partial charge in [-0.05, 0) is 80.6 Å². The first-order valence-corrected chi connectivity index (χ1v) is 20.6. The average Bonchev–Trinajstić information content (AvgIpc) is 4.08. The largest absolute Gasteiger partial charge is 0.467 e. The first kappa shape index (κ1) is 44.8. The molecule has 0 spiro atoms. The molecule has 5 amide bonds. The summed E-state index contributed by atoms with van der Waals surface area (Å²) in [6.07, 6.45) is 10.4. The highest BCUT2D eigenvalue weighted by Gasteiger charge is 2.33. The lowest BCUT2D eigenvalue weighted by molar-refractivity contribution is -0.148. The Labute approximate surface area is 350 Å². The number of hydrogen-bond acceptors (Lipinski definition) is 10. The van der Waals surface area contributed by atoms with E-state index in [2.05, 4.69) is 11.9 Å². The molecule has 318 valence electrons. The summed E-state index contributed by atoms with van der Waals surface area (Å²) in [5, 5.41) is 3.88. The molecule has 3 heterocycles. The Morgan fingerprint density at radius 2 is 1.34 bits per heavy atom. The standard InChI is InChI=1S/C43H55ClN6O9/c1-2-19-46(29-40(53)47(20-21-51)26-36-10-5-22-57-36)41(54)30-48(27-37-11-6-23-58-37)42(55)31-49(28-38-12-7-24-59-38)43(56)32-50(35-8-3-4-9-35)39(52)25-45-18-17-33-13-15-34(44)16-14-33/h2,5-6,10-11,13-16,21-23,35,38,45H,1,3-4,7-9,12,17-20,24-32H2. The van der Waals surface area contributed by atoms with Gasteiger partial charge in [-0.25, -0.2) is 0 Å². The summed E-state index contributed by atoms with van der Waals surface area (Å²) in [4.78, 5) is 87.9. The van der Waals surface area contributed by atoms with E-state index in [-0.39, 0.29) is 77.0 Å². The molecule has 1 aliphatic heterocycles. The third-order valence-corrected chi connectivity index (χ3v) is 10.8. The van der Waals surface area contributed by atoms with Gasteiger partial charge in [0.15, 0.2) is 0 Å². The zero-order chi connectivity index (χ0) is 42.0. The summed E-state index contributed by atoms with van der Waals surface area (Å²) in [5.74, 6) is -1.30. The molecule has 1 aliphatic carbocycles. The lowest BCUT2D eigenvalue weighted by Crippen LogP contribution is -2.53. The number of halogens is 1. The van der Waals surface area contributed by atoms with E-state index >= 15 is 0 Å². The molecule has 1 unspecified atom stereocenters. The Kier molecular flexibility index (Phi) is 17.8. The summed E-state index contributed by atoms with van der Waals surface area (Å²) >= 11 is 6.02. The van der Waals surface area contributed by atoms with Crippen molar-refractivity contribution in [2.24, 2.45) is 0 Å². The molecular formula is C43H55ClN6O9. The van der Waals surface area contributed by atoms with E-state index in [1.807, 2.05) is 24.3 Å². The second-order valence-electron chi connectivity index (χ2n) is 14.8. The van der Waals surface area contributed by atoms with Crippen LogP contribution in [0.15, 0.2) is 82.5 Å². The molecule has 1 saturated heterocycles. The van der Waals surface area contributed by atoms with Crippen molar-refractivity contribution in [2.75, 3.05) is 65.5 Å². The zero-order valence-electron chi connectivity index (χ0n) is 33.5. The van der Waals surface area contributed by atoms with Gasteiger partial charge in [0.1, 0.15) is 37.4 Å². The van der Waals surface area contributed by atoms with Crippen LogP contribution in [0.1, 0.15) is 55.6 Å². The lowest BCUT2D eigenvalue weighted by Gasteiger charge is -2.33. The molecule has 2 fully saturated rings. The summed E-state index contributed by atoms with van der Waals surface area (Å²) in [6, 6.07) is 14.1. The number of furan rings is 2. The fourth-order valence-corrected chi connectivity index (χ4v) is 7.44. The number of carbonyl (C=O) groups is 6. The normalized spacial score (nSPS) is 15.1. The van der Waals surface area contributed by atoms with Crippen LogP contribution < -0.4 is 5.32 Å². The highest BCUT2D eigenvalue weighted by atomic mass is 35.5. The van der Waals surface area contributed by atoms with Crippen molar-refractivity contribution in [1.82, 2.24) is 29.8 Å². The van der Waals surface area contributed by atoms with Crippen LogP contribution in [0.25, 0.3) is 0 Å². The predicted molar refractivity (Wildman–Crippen MR) is 219 cm³/mol. The lowest BCUT2D eigenvalue weighted by atomic mass is 10.1. The van der Waals surface area contributed by atoms with Gasteiger partial charge < -0.3 is 48.2 Å². The molecule has 2 aliphatic rings. The third-order valence-electron chi connectivity index (χ3n) is 10.5. The topological polar surface area (TPSA) is 166 Å². The van der Waals surface area contributed by atoms with Crippen LogP contribution in [0.5, 0.6) is 0 Å². The molecule has 1 atom stereocenters. The van der Waals surface area contributed by atoms with Crippen LogP contribution in [-0.4, -0.2) is 138 Å². The number of carbonyl (C=O) groups excluding carboxylic acids is 6. The second-order valence-corrected chi connectivity index (χ2v) is 15.3. The molecule has 59 heavy (non-hydrogen) atoms. The van der Waals surface area contributed by atoms with Crippen LogP contribution in [0, 0.1) is 0 Å². The molecule has 3 aromatic rings. The Morgan fingerprint density at radius 3 is 1.95 bits per heavy atom. The molecule has 0 radical (unpaired) electrons. The van der Waals surface area contributed by atoms with Gasteiger partial charge in [-0.1, -0.05) is 42.7 Å². The SMILES string of the molecule is C=CCN(CC(=O)N(CC=O)Cc1ccco1)C(=O)CN(Cc1ccco1)C(=O)CN(CC1CCCO1)C(=O)CN(C(=O)CNCCc1ccc(Cl)cc1)C1CCCC1. The van der Waals surface area contributed by atoms with Crippen molar-refractivity contribution < 1.29 is 42.3 Å². The van der Waals surface area contributed by atoms with Crippen LogP contribution in [0.2, 0.25) is 5.02 Å². The minimum Gasteiger partial charge on any atom is -0.467 e. The van der Waals surface area contributed by atoms with Crippen LogP contribution in [-0.2, 0) is 53.0 Å². The Bertz CT molecular complexity index is 1810. The minimum absolute atomic E-state index is 0.00627. The predicted octanol–water partition coefficient (Wildman–Crippen LogP) is 3.71. The summed E-state index contributed by atoms with van der Waals surface area (Å²) in [5.41, 5.74) is 1.08. The average molecular weight is 835 g/mol. The highest BCUT2D eigenvalue weighted by Crippen LogP contribution is 2.24. The van der Waals surface area contributed by atoms with Gasteiger partial charge in [0.2, 0.25) is 29.5 Å². The molecule has 0 bridgehead atoms. The van der Waals surface area contributed by atoms with Gasteiger partial charge in [0.25, 0.3) is 0 Å². The molecular weight excluding hydrogens is 780 g/mol. The maximum Gasteiger partial charge on any atom is 0.243 e. The summed E-state index contributed by atoms with van der Waals surface area (Å²) in [7, 11) is 0. The van der Waals surface area contributed by atoms with Crippen LogP contribution >= 0.6 is 11.6 Å². The van der Waals surface area contributed by atoms with Crippen molar-refractivity contribution in [3.63, 3.8) is 0 Å². The number of nitrogens with one attached hydrogen (secondary N) is 1. The molecule has 1 N–H and O–H groups in total. The number of amides is 5. The Morgan fingerprint density at radius 1 is 0.729 bits per heavy atom. The quantitative estimate of drug-likeness (QED) is 0.0799. The summed E-state index contributed by atoms with van der Waals surface area (Å²) < 4.78 is 16.8. The molecule has 2 aromatic heterocycles. The summed E-state index contributed by atoms with van der Waals surface area (Å²) in [6.45, 7) is 3.35. The maximum absolute atomic E-state index is 14.3. The van der Waals surface area contributed by atoms with Gasteiger partial charge in [-0.3, -0.25) is 24.0 Å². The molecule has 1 aromatic carbocycles. The maximum atomic E-state index is 14.3. The fourth-order valence-electron chi connectivity index (χ4n) is 7.31. The number of aldehydes is 1. The van der Waals surface area contributed by atoms with E-state index in [4.69, 9.17) is 25.2 Å². The molecule has 15 nitrogen and oxygen atoms in total. The highest BCUT2D eigenvalue weighted by molar-refractivity contribution is 6.30. The van der Waals surface area contributed by atoms with Crippen molar-refractivity contribution in [1.29, 1.82) is 0 Å². The van der Waals surface area contributed by atoms with Gasteiger partial charge in [0.05, 0.1) is 51.4 Å². The van der Waals surface area contributed by atoms with Gasteiger partial charge in [-0.2, -0.15) is 0 Å². The molecule has 5 rings (SSSR count). The van der Waals surface area contributed by atoms with E-state index in [1.165, 1.54) is 38.2 Å². The van der Waals surface area contributed by atoms with Crippen molar-refractivity contribution in [3.05, 3.63) is 95.8 Å². The van der Waals surface area contributed by atoms with E-state index < -0.39 is 30.2 Å². The third kappa shape index (κ3) is 14.2. The van der Waals surface area contributed by atoms with Crippen molar-refractivity contribution in [3.8, 4) is 0 Å². The van der Waals surface area contributed by atoms with Gasteiger partial charge in [0, 0.05) is 30.8 Å². The van der Waals surface area contributed by atoms with Gasteiger partial charge in [-0.15, -0.1) is 6.58 Å². The first-order valence-electron chi connectivity index (χ1n) is 20.2. The number of benzene rings is 1. The van der Waals surface area contributed by atoms with E-state index in [0.717, 1.165) is 37.7 Å². The number of ether oxygens (including phenoxy) is 1. The van der Waals surface area contributed by atoms with E-state index in [0.29, 0.717) is 48.8 Å². The molecule has 1 saturated carbocycles. The fraction of sp³-hybridized carbons (Fsp3) is 0.488. The van der Waals surface area contributed by atoms with Crippen LogP contribution in [0.3, 0.4) is 0 Å². The zero-order valence-corrected chi connectivity index (χ0v) is 34.3. The van der Waals surface area contributed by atoms with Gasteiger partial charge >= 0.3 is 0 Å². The Balaban J connectivity index is 1.28. The van der Waals surface area contributed by atoms with Crippen LogP contribution in [0.4, 0.5) is 0 Å². The van der Waals surface area contributed by atoms with Crippen molar-refractivity contribution in [2.45, 2.75) is 70.2 Å². The number of hydrogen-bond donors (Lipinski definition) is 1. The smallest absolute Gasteiger partial charge is 0.243 e. The first-order chi connectivity index (χ1) is 28.6. The number of rotatable bonds is 24.